The molecule has 0 unspecified atom stereocenters. The second kappa shape index (κ2) is 9.74. The topological polar surface area (TPSA) is 98.7 Å². The Morgan fingerprint density at radius 1 is 1.10 bits per heavy atom. The van der Waals surface area contributed by atoms with E-state index in [-0.39, 0.29) is 36.2 Å². The Morgan fingerprint density at radius 3 is 2.34 bits per heavy atom. The van der Waals surface area contributed by atoms with E-state index < -0.39 is 23.4 Å². The molecule has 164 valence electrons. The van der Waals surface area contributed by atoms with E-state index in [1.54, 1.807) is 11.9 Å². The molecule has 0 aromatic carbocycles. The number of hydrogen-bond acceptors (Lipinski definition) is 4. The Bertz CT molecular complexity index is 640. The largest absolute Gasteiger partial charge is 0.396 e. The van der Waals surface area contributed by atoms with Crippen LogP contribution < -0.4 is 10.6 Å². The molecular formula is C22H37N3O4. The molecule has 2 rings (SSSR count). The van der Waals surface area contributed by atoms with Gasteiger partial charge in [-0.15, -0.1) is 0 Å². The zero-order valence-electron chi connectivity index (χ0n) is 18.4. The lowest BCUT2D eigenvalue weighted by Gasteiger charge is -2.33. The summed E-state index contributed by atoms with van der Waals surface area (Å²) in [6.07, 6.45) is 7.22. The second-order valence-electron chi connectivity index (χ2n) is 9.34. The average molecular weight is 408 g/mol. The van der Waals surface area contributed by atoms with Gasteiger partial charge in [-0.25, -0.2) is 0 Å². The number of likely N-dealkylation sites (tertiary alicyclic amines) is 1. The quantitative estimate of drug-likeness (QED) is 0.419. The van der Waals surface area contributed by atoms with Gasteiger partial charge in [0.15, 0.2) is 0 Å². The fourth-order valence-corrected chi connectivity index (χ4v) is 4.59. The molecule has 0 spiro atoms. The molecule has 3 N–H and O–H groups in total. The van der Waals surface area contributed by atoms with Crippen LogP contribution in [0, 0.1) is 23.7 Å². The van der Waals surface area contributed by atoms with Crippen LogP contribution >= 0.6 is 0 Å². The van der Waals surface area contributed by atoms with Crippen molar-refractivity contribution < 1.29 is 19.5 Å². The Kier molecular flexibility index (Phi) is 7.86. The number of unbranched alkanes of at least 4 members (excludes halogenated alkanes) is 3. The van der Waals surface area contributed by atoms with Crippen molar-refractivity contribution in [1.82, 2.24) is 15.5 Å². The van der Waals surface area contributed by atoms with Crippen molar-refractivity contribution in [3.8, 4) is 0 Å². The molecule has 7 heteroatoms. The predicted octanol–water partition coefficient (Wildman–Crippen LogP) is 1.47. The van der Waals surface area contributed by atoms with E-state index in [9.17, 15) is 14.4 Å². The summed E-state index contributed by atoms with van der Waals surface area (Å²) in [5.74, 6) is -1.75. The lowest BCUT2D eigenvalue weighted by Crippen LogP contribution is -2.52. The maximum absolute atomic E-state index is 13.4. The maximum Gasteiger partial charge on any atom is 0.243 e. The Balaban J connectivity index is 2.29. The van der Waals surface area contributed by atoms with Crippen LogP contribution in [0.15, 0.2) is 12.2 Å². The van der Waals surface area contributed by atoms with Gasteiger partial charge in [-0.2, -0.15) is 0 Å². The molecule has 29 heavy (non-hydrogen) atoms. The molecule has 3 amide bonds. The first kappa shape index (κ1) is 23.4. The lowest BCUT2D eigenvalue weighted by molar-refractivity contribution is -0.140. The van der Waals surface area contributed by atoms with E-state index >= 15 is 0 Å². The highest BCUT2D eigenvalue weighted by atomic mass is 16.3. The molecular weight excluding hydrogens is 370 g/mol. The minimum atomic E-state index is -0.597. The van der Waals surface area contributed by atoms with Gasteiger partial charge in [0, 0.05) is 31.7 Å². The molecule has 5 atom stereocenters. The Labute approximate surface area is 174 Å². The number of carbonyl (C=O) groups excluding carboxylic acids is 3. The van der Waals surface area contributed by atoms with Crippen molar-refractivity contribution in [3.05, 3.63) is 12.2 Å². The molecule has 7 nitrogen and oxygen atoms in total. The normalized spacial score (nSPS) is 29.0. The van der Waals surface area contributed by atoms with Crippen LogP contribution in [0.5, 0.6) is 0 Å². The second-order valence-corrected chi connectivity index (χ2v) is 9.34. The highest BCUT2D eigenvalue weighted by molar-refractivity contribution is 5.96. The number of fused-ring (bicyclic) bond motifs is 1. The third kappa shape index (κ3) is 5.38. The summed E-state index contributed by atoms with van der Waals surface area (Å²) in [5, 5.41) is 14.7. The van der Waals surface area contributed by atoms with Gasteiger partial charge in [0.05, 0.1) is 11.8 Å². The molecule has 1 aliphatic heterocycles. The summed E-state index contributed by atoms with van der Waals surface area (Å²) in [4.78, 5) is 40.8. The molecule has 1 saturated heterocycles. The van der Waals surface area contributed by atoms with Gasteiger partial charge in [0.2, 0.25) is 17.7 Å². The number of rotatable bonds is 8. The lowest BCUT2D eigenvalue weighted by atomic mass is 9.70. The molecule has 0 radical (unpaired) electrons. The van der Waals surface area contributed by atoms with Crippen LogP contribution in [0.4, 0.5) is 0 Å². The zero-order valence-corrected chi connectivity index (χ0v) is 18.4. The van der Waals surface area contributed by atoms with Crippen LogP contribution in [-0.2, 0) is 14.4 Å². The fraction of sp³-hybridized carbons (Fsp3) is 0.773. The number of allylic oxidation sites excluding steroid dienone is 1. The van der Waals surface area contributed by atoms with Crippen molar-refractivity contribution >= 4 is 17.7 Å². The smallest absolute Gasteiger partial charge is 0.243 e. The van der Waals surface area contributed by atoms with Gasteiger partial charge in [0.1, 0.15) is 6.04 Å². The number of carbonyl (C=O) groups is 3. The average Bonchev–Trinajstić information content (AvgIpc) is 2.92. The molecule has 0 aromatic heterocycles. The minimum absolute atomic E-state index is 0.0593. The van der Waals surface area contributed by atoms with Gasteiger partial charge in [-0.3, -0.25) is 14.4 Å². The van der Waals surface area contributed by atoms with Crippen LogP contribution in [0.3, 0.4) is 0 Å². The fourth-order valence-electron chi connectivity index (χ4n) is 4.59. The van der Waals surface area contributed by atoms with Gasteiger partial charge < -0.3 is 20.6 Å². The van der Waals surface area contributed by atoms with Gasteiger partial charge >= 0.3 is 0 Å². The van der Waals surface area contributed by atoms with Crippen molar-refractivity contribution in [1.29, 1.82) is 0 Å². The van der Waals surface area contributed by atoms with E-state index in [0.717, 1.165) is 25.7 Å². The summed E-state index contributed by atoms with van der Waals surface area (Å²) < 4.78 is 0. The number of nitrogens with one attached hydrogen (secondary N) is 2. The third-order valence-electron chi connectivity index (χ3n) is 5.90. The summed E-state index contributed by atoms with van der Waals surface area (Å²) in [5.41, 5.74) is -0.406. The predicted molar refractivity (Wildman–Crippen MR) is 112 cm³/mol. The number of aliphatic hydroxyl groups is 1. The highest BCUT2D eigenvalue weighted by Crippen LogP contribution is 2.44. The van der Waals surface area contributed by atoms with E-state index in [1.807, 2.05) is 39.8 Å². The number of amides is 3. The van der Waals surface area contributed by atoms with Crippen molar-refractivity contribution in [3.63, 3.8) is 0 Å². The van der Waals surface area contributed by atoms with E-state index in [4.69, 9.17) is 5.11 Å². The van der Waals surface area contributed by atoms with E-state index in [0.29, 0.717) is 6.54 Å². The molecule has 1 heterocycles. The van der Waals surface area contributed by atoms with Gasteiger partial charge in [-0.05, 0) is 39.5 Å². The Hall–Kier alpha value is -1.89. The third-order valence-corrected chi connectivity index (χ3v) is 5.90. The SMILES string of the molecule is CNC(=O)[C@H]1[C@@H]2C(=O)N(CCCCCCO)[C@H](C(=O)NC(C)(C)C)[C@H]2C=C[C@H]1C. The molecule has 2 aliphatic rings. The molecule has 0 saturated carbocycles. The minimum Gasteiger partial charge on any atom is -0.396 e. The van der Waals surface area contributed by atoms with Gasteiger partial charge in [-0.1, -0.05) is 31.9 Å². The van der Waals surface area contributed by atoms with E-state index in [2.05, 4.69) is 10.6 Å². The van der Waals surface area contributed by atoms with Crippen LogP contribution in [0.25, 0.3) is 0 Å². The summed E-state index contributed by atoms with van der Waals surface area (Å²) >= 11 is 0. The van der Waals surface area contributed by atoms with Gasteiger partial charge in [0.25, 0.3) is 0 Å². The first-order valence-electron chi connectivity index (χ1n) is 10.8. The van der Waals surface area contributed by atoms with Crippen molar-refractivity contribution in [2.75, 3.05) is 20.2 Å². The highest BCUT2D eigenvalue weighted by Gasteiger charge is 2.56. The van der Waals surface area contributed by atoms with Crippen LogP contribution in [-0.4, -0.2) is 59.5 Å². The van der Waals surface area contributed by atoms with Crippen LogP contribution in [0.1, 0.15) is 53.4 Å². The van der Waals surface area contributed by atoms with Crippen molar-refractivity contribution in [2.45, 2.75) is 65.0 Å². The summed E-state index contributed by atoms with van der Waals surface area (Å²) in [6, 6.07) is -0.597. The molecule has 1 fully saturated rings. The maximum atomic E-state index is 13.4. The number of hydrogen-bond donors (Lipinski definition) is 3. The number of nitrogens with zero attached hydrogens (tertiary/aromatic N) is 1. The molecule has 0 bridgehead atoms. The first-order valence-corrected chi connectivity index (χ1v) is 10.8. The van der Waals surface area contributed by atoms with Crippen molar-refractivity contribution in [2.24, 2.45) is 23.7 Å². The van der Waals surface area contributed by atoms with Crippen LogP contribution in [0.2, 0.25) is 0 Å². The number of aliphatic hydroxyl groups excluding tert-OH is 1. The standard InChI is InChI=1S/C22H37N3O4/c1-14-10-11-15-17(16(14)19(27)23-5)21(29)25(12-8-6-7-9-13-26)18(15)20(28)24-22(2,3)4/h10-11,14-18,26H,6-9,12-13H2,1-5H3,(H,23,27)(H,24,28)/t14-,15+,16-,17-,18+/m1/s1. The molecule has 1 aliphatic carbocycles. The summed E-state index contributed by atoms with van der Waals surface area (Å²) in [7, 11) is 1.59. The zero-order chi connectivity index (χ0) is 21.8. The summed E-state index contributed by atoms with van der Waals surface area (Å²) in [6.45, 7) is 8.36. The van der Waals surface area contributed by atoms with E-state index in [1.165, 1.54) is 0 Å². The Morgan fingerprint density at radius 2 is 1.76 bits per heavy atom. The molecule has 0 aromatic rings. The first-order chi connectivity index (χ1) is 13.6. The monoisotopic (exact) mass is 407 g/mol.